The van der Waals surface area contributed by atoms with Crippen molar-refractivity contribution in [2.24, 2.45) is 0 Å². The highest BCUT2D eigenvalue weighted by atomic mass is 32.2. The van der Waals surface area contributed by atoms with E-state index in [-0.39, 0.29) is 0 Å². The molecule has 3 nitrogen and oxygen atoms in total. The Balaban J connectivity index is 2.44. The molecule has 1 N–H and O–H groups in total. The average Bonchev–Trinajstić information content (AvgIpc) is 2.52. The molecule has 1 aromatic heterocycles. The summed E-state index contributed by atoms with van der Waals surface area (Å²) in [4.78, 5) is 0. The first kappa shape index (κ1) is 10.8. The zero-order chi connectivity index (χ0) is 9.68. The van der Waals surface area contributed by atoms with Gasteiger partial charge in [0, 0.05) is 6.04 Å². The maximum Gasteiger partial charge on any atom is 0.195 e. The number of hydrogen-bond acceptors (Lipinski definition) is 3. The van der Waals surface area contributed by atoms with E-state index < -0.39 is 0 Å². The van der Waals surface area contributed by atoms with Crippen LogP contribution in [0.1, 0.15) is 26.3 Å². The summed E-state index contributed by atoms with van der Waals surface area (Å²) >= 11 is 7.04. The summed E-state index contributed by atoms with van der Waals surface area (Å²) in [6, 6.07) is 0.449. The van der Waals surface area contributed by atoms with Crippen LogP contribution in [-0.2, 0) is 0 Å². The number of hydrogen-bond donors (Lipinski definition) is 1. The highest BCUT2D eigenvalue weighted by Crippen LogP contribution is 2.13. The van der Waals surface area contributed by atoms with Crippen LogP contribution < -0.4 is 0 Å². The maximum atomic E-state index is 5.08. The van der Waals surface area contributed by atoms with E-state index in [4.69, 9.17) is 12.2 Å². The SMILES string of the molecule is CCSCCC(C)n1cn[nH]c1=S. The maximum absolute atomic E-state index is 5.08. The molecule has 1 heterocycles. The minimum Gasteiger partial charge on any atom is -0.304 e. The van der Waals surface area contributed by atoms with Gasteiger partial charge in [-0.1, -0.05) is 6.92 Å². The first-order valence-electron chi connectivity index (χ1n) is 4.45. The van der Waals surface area contributed by atoms with Gasteiger partial charge >= 0.3 is 0 Å². The van der Waals surface area contributed by atoms with Crippen molar-refractivity contribution in [3.8, 4) is 0 Å². The van der Waals surface area contributed by atoms with Gasteiger partial charge in [0.1, 0.15) is 6.33 Å². The van der Waals surface area contributed by atoms with Crippen molar-refractivity contribution in [3.63, 3.8) is 0 Å². The van der Waals surface area contributed by atoms with E-state index in [1.807, 2.05) is 16.3 Å². The van der Waals surface area contributed by atoms with E-state index in [1.54, 1.807) is 6.33 Å². The monoisotopic (exact) mass is 217 g/mol. The van der Waals surface area contributed by atoms with Crippen molar-refractivity contribution in [2.75, 3.05) is 11.5 Å². The number of thioether (sulfide) groups is 1. The Morgan fingerprint density at radius 3 is 3.08 bits per heavy atom. The summed E-state index contributed by atoms with van der Waals surface area (Å²) in [5, 5.41) is 6.66. The molecule has 1 aromatic rings. The number of nitrogens with one attached hydrogen (secondary N) is 1. The van der Waals surface area contributed by atoms with Crippen LogP contribution in [0, 0.1) is 4.77 Å². The first-order chi connectivity index (χ1) is 6.25. The molecule has 1 rings (SSSR count). The lowest BCUT2D eigenvalue weighted by Crippen LogP contribution is -2.05. The Morgan fingerprint density at radius 1 is 1.77 bits per heavy atom. The summed E-state index contributed by atoms with van der Waals surface area (Å²) < 4.78 is 2.72. The van der Waals surface area contributed by atoms with Crippen molar-refractivity contribution < 1.29 is 0 Å². The molecule has 74 valence electrons. The molecule has 0 spiro atoms. The van der Waals surface area contributed by atoms with Crippen LogP contribution in [0.2, 0.25) is 0 Å². The number of nitrogens with zero attached hydrogens (tertiary/aromatic N) is 2. The highest BCUT2D eigenvalue weighted by Gasteiger charge is 2.04. The van der Waals surface area contributed by atoms with Crippen LogP contribution in [0.3, 0.4) is 0 Å². The van der Waals surface area contributed by atoms with Gasteiger partial charge < -0.3 is 4.57 Å². The minimum atomic E-state index is 0.449. The lowest BCUT2D eigenvalue weighted by molar-refractivity contribution is 0.527. The van der Waals surface area contributed by atoms with Gasteiger partial charge in [-0.25, -0.2) is 0 Å². The summed E-state index contributed by atoms with van der Waals surface area (Å²) in [6.45, 7) is 4.35. The molecule has 1 unspecified atom stereocenters. The second kappa shape index (κ2) is 5.44. The topological polar surface area (TPSA) is 33.6 Å². The van der Waals surface area contributed by atoms with Gasteiger partial charge in [0.25, 0.3) is 0 Å². The molecule has 0 aliphatic rings. The summed E-state index contributed by atoms with van der Waals surface area (Å²) in [5.41, 5.74) is 0. The van der Waals surface area contributed by atoms with Gasteiger partial charge in [-0.15, -0.1) is 0 Å². The predicted molar refractivity (Wildman–Crippen MR) is 59.7 cm³/mol. The molecule has 5 heteroatoms. The predicted octanol–water partition coefficient (Wildman–Crippen LogP) is 2.64. The van der Waals surface area contributed by atoms with Crippen molar-refractivity contribution in [2.45, 2.75) is 26.3 Å². The molecule has 0 saturated carbocycles. The lowest BCUT2D eigenvalue weighted by atomic mass is 10.3. The van der Waals surface area contributed by atoms with Crippen LogP contribution in [0.15, 0.2) is 6.33 Å². The van der Waals surface area contributed by atoms with Crippen molar-refractivity contribution in [1.82, 2.24) is 14.8 Å². The normalized spacial score (nSPS) is 13.1. The fourth-order valence-electron chi connectivity index (χ4n) is 1.11. The van der Waals surface area contributed by atoms with Gasteiger partial charge in [-0.2, -0.15) is 16.9 Å². The van der Waals surface area contributed by atoms with Crippen molar-refractivity contribution in [1.29, 1.82) is 0 Å². The Kier molecular flexibility index (Phi) is 4.52. The molecule has 0 aliphatic carbocycles. The Bertz CT molecular complexity index is 292. The highest BCUT2D eigenvalue weighted by molar-refractivity contribution is 7.99. The van der Waals surface area contributed by atoms with E-state index in [0.717, 1.165) is 6.42 Å². The van der Waals surface area contributed by atoms with E-state index in [0.29, 0.717) is 10.8 Å². The molecule has 0 saturated heterocycles. The number of aromatic amines is 1. The molecule has 0 radical (unpaired) electrons. The third-order valence-electron chi connectivity index (χ3n) is 1.94. The van der Waals surface area contributed by atoms with Gasteiger partial charge in [-0.05, 0) is 37.1 Å². The van der Waals surface area contributed by atoms with Gasteiger partial charge in [-0.3, -0.25) is 5.10 Å². The van der Waals surface area contributed by atoms with Crippen LogP contribution in [-0.4, -0.2) is 26.3 Å². The number of aromatic nitrogens is 3. The van der Waals surface area contributed by atoms with Gasteiger partial charge in [0.15, 0.2) is 4.77 Å². The second-order valence-electron chi connectivity index (χ2n) is 2.90. The molecule has 0 aromatic carbocycles. The Labute approximate surface area is 87.9 Å². The van der Waals surface area contributed by atoms with Crippen LogP contribution >= 0.6 is 24.0 Å². The standard InChI is InChI=1S/C8H15N3S2/c1-3-13-5-4-7(2)11-6-9-10-8(11)12/h6-7H,3-5H2,1-2H3,(H,10,12). The zero-order valence-electron chi connectivity index (χ0n) is 7.99. The van der Waals surface area contributed by atoms with Crippen LogP contribution in [0.25, 0.3) is 0 Å². The summed E-state index contributed by atoms with van der Waals surface area (Å²) in [6.07, 6.45) is 2.91. The molecular weight excluding hydrogens is 202 g/mol. The van der Waals surface area contributed by atoms with E-state index in [9.17, 15) is 0 Å². The Hall–Kier alpha value is -0.290. The number of H-pyrrole nitrogens is 1. The zero-order valence-corrected chi connectivity index (χ0v) is 9.62. The third-order valence-corrected chi connectivity index (χ3v) is 3.17. The van der Waals surface area contributed by atoms with Crippen LogP contribution in [0.4, 0.5) is 0 Å². The molecular formula is C8H15N3S2. The molecule has 13 heavy (non-hydrogen) atoms. The minimum absolute atomic E-state index is 0.449. The Morgan fingerprint density at radius 2 is 2.54 bits per heavy atom. The molecule has 0 bridgehead atoms. The number of rotatable bonds is 5. The lowest BCUT2D eigenvalue weighted by Gasteiger charge is -2.11. The van der Waals surface area contributed by atoms with Gasteiger partial charge in [0.05, 0.1) is 0 Å². The first-order valence-corrected chi connectivity index (χ1v) is 6.01. The van der Waals surface area contributed by atoms with E-state index >= 15 is 0 Å². The van der Waals surface area contributed by atoms with Gasteiger partial charge in [0.2, 0.25) is 0 Å². The fraction of sp³-hybridized carbons (Fsp3) is 0.750. The smallest absolute Gasteiger partial charge is 0.195 e. The van der Waals surface area contributed by atoms with E-state index in [2.05, 4.69) is 24.0 Å². The average molecular weight is 217 g/mol. The largest absolute Gasteiger partial charge is 0.304 e. The van der Waals surface area contributed by atoms with E-state index in [1.165, 1.54) is 11.5 Å². The molecule has 0 fully saturated rings. The van der Waals surface area contributed by atoms with Crippen molar-refractivity contribution in [3.05, 3.63) is 11.1 Å². The second-order valence-corrected chi connectivity index (χ2v) is 4.68. The molecule has 0 amide bonds. The summed E-state index contributed by atoms with van der Waals surface area (Å²) in [5.74, 6) is 2.37. The third kappa shape index (κ3) is 3.15. The molecule has 0 aliphatic heterocycles. The van der Waals surface area contributed by atoms with Crippen molar-refractivity contribution >= 4 is 24.0 Å². The summed E-state index contributed by atoms with van der Waals surface area (Å²) in [7, 11) is 0. The molecule has 1 atom stereocenters. The van der Waals surface area contributed by atoms with Crippen LogP contribution in [0.5, 0.6) is 0 Å². The quantitative estimate of drug-likeness (QED) is 0.608. The fourth-order valence-corrected chi connectivity index (χ4v) is 2.18.